The highest BCUT2D eigenvalue weighted by Crippen LogP contribution is 2.55. The maximum Gasteiger partial charge on any atom is 0.252 e. The number of hydrogen-bond donors (Lipinski definition) is 1. The molecule has 1 aromatic heterocycles. The molecule has 0 spiro atoms. The molecule has 1 heterocycles. The molecule has 4 aliphatic carbocycles. The van der Waals surface area contributed by atoms with Gasteiger partial charge < -0.3 is 5.32 Å². The van der Waals surface area contributed by atoms with E-state index in [1.165, 1.54) is 19.3 Å². The number of benzene rings is 2. The number of rotatable bonds is 3. The molecule has 3 nitrogen and oxygen atoms in total. The van der Waals surface area contributed by atoms with E-state index in [-0.39, 0.29) is 11.4 Å². The molecule has 3 aromatic rings. The number of hydrogen-bond acceptors (Lipinski definition) is 2. The fourth-order valence-electron chi connectivity index (χ4n) is 6.74. The first kappa shape index (κ1) is 19.6. The van der Waals surface area contributed by atoms with E-state index in [1.54, 1.807) is 6.07 Å². The van der Waals surface area contributed by atoms with Crippen molar-refractivity contribution < 1.29 is 4.79 Å². The van der Waals surface area contributed by atoms with E-state index in [9.17, 15) is 4.79 Å². The highest BCUT2D eigenvalue weighted by Gasteiger charge is 2.51. The number of nitrogens with one attached hydrogen (secondary N) is 1. The Morgan fingerprint density at radius 2 is 1.58 bits per heavy atom. The van der Waals surface area contributed by atoms with Crippen LogP contribution in [0.5, 0.6) is 0 Å². The number of halogens is 2. The molecule has 0 aliphatic heterocycles. The minimum atomic E-state index is -0.0278. The summed E-state index contributed by atoms with van der Waals surface area (Å²) < 4.78 is 0. The quantitative estimate of drug-likeness (QED) is 0.470. The summed E-state index contributed by atoms with van der Waals surface area (Å²) >= 11 is 12.3. The third kappa shape index (κ3) is 3.43. The zero-order chi connectivity index (χ0) is 21.2. The summed E-state index contributed by atoms with van der Waals surface area (Å²) in [5, 5.41) is 5.39. The van der Waals surface area contributed by atoms with Gasteiger partial charge in [0.05, 0.1) is 26.8 Å². The van der Waals surface area contributed by atoms with E-state index in [0.717, 1.165) is 59.2 Å². The lowest BCUT2D eigenvalue weighted by molar-refractivity contribution is -0.0166. The molecule has 4 fully saturated rings. The van der Waals surface area contributed by atoms with Gasteiger partial charge in [-0.3, -0.25) is 4.79 Å². The fraction of sp³-hybridized carbons (Fsp3) is 0.385. The lowest BCUT2D eigenvalue weighted by Crippen LogP contribution is -2.59. The lowest BCUT2D eigenvalue weighted by Gasteiger charge is -2.56. The predicted octanol–water partition coefficient (Wildman–Crippen LogP) is 6.91. The van der Waals surface area contributed by atoms with E-state index in [4.69, 9.17) is 28.2 Å². The SMILES string of the molecule is O=C(NC12CC3CC(CC(C3)C1)C2)c1cc(-c2ccc(Cl)c(Cl)c2)nc2ccccc12. The summed E-state index contributed by atoms with van der Waals surface area (Å²) in [6.07, 6.45) is 7.46. The summed E-state index contributed by atoms with van der Waals surface area (Å²) in [6.45, 7) is 0. The van der Waals surface area contributed by atoms with Crippen LogP contribution in [-0.4, -0.2) is 16.4 Å². The van der Waals surface area contributed by atoms with Crippen molar-refractivity contribution in [3.8, 4) is 11.3 Å². The Labute approximate surface area is 192 Å². The minimum Gasteiger partial charge on any atom is -0.347 e. The smallest absolute Gasteiger partial charge is 0.252 e. The van der Waals surface area contributed by atoms with Crippen molar-refractivity contribution in [1.29, 1.82) is 0 Å². The van der Waals surface area contributed by atoms with Gasteiger partial charge in [0.25, 0.3) is 5.91 Å². The van der Waals surface area contributed by atoms with Gasteiger partial charge in [0.15, 0.2) is 0 Å². The lowest BCUT2D eigenvalue weighted by atomic mass is 9.53. The molecule has 4 aliphatic rings. The summed E-state index contributed by atoms with van der Waals surface area (Å²) in [5.41, 5.74) is 3.04. The molecule has 7 rings (SSSR count). The highest BCUT2D eigenvalue weighted by atomic mass is 35.5. The van der Waals surface area contributed by atoms with Gasteiger partial charge in [-0.25, -0.2) is 4.98 Å². The Kier molecular flexibility index (Phi) is 4.56. The number of pyridine rings is 1. The molecule has 0 saturated heterocycles. The molecule has 1 N–H and O–H groups in total. The molecule has 5 heteroatoms. The Hall–Kier alpha value is -2.10. The summed E-state index contributed by atoms with van der Waals surface area (Å²) in [6, 6.07) is 15.2. The van der Waals surface area contributed by atoms with Gasteiger partial charge in [0.1, 0.15) is 0 Å². The third-order valence-corrected chi connectivity index (χ3v) is 8.33. The first-order chi connectivity index (χ1) is 15.0. The monoisotopic (exact) mass is 450 g/mol. The number of fused-ring (bicyclic) bond motifs is 1. The molecule has 1 amide bonds. The van der Waals surface area contributed by atoms with E-state index in [1.807, 2.05) is 42.5 Å². The normalized spacial score (nSPS) is 28.8. The molecule has 0 atom stereocenters. The zero-order valence-electron chi connectivity index (χ0n) is 17.2. The van der Waals surface area contributed by atoms with Gasteiger partial charge in [0.2, 0.25) is 0 Å². The van der Waals surface area contributed by atoms with Crippen LogP contribution in [-0.2, 0) is 0 Å². The van der Waals surface area contributed by atoms with Gasteiger partial charge in [-0.15, -0.1) is 0 Å². The number of amides is 1. The number of para-hydroxylation sites is 1. The standard InChI is InChI=1S/C26H24Cl2N2O/c27-21-6-5-18(10-22(21)28)24-11-20(19-3-1-2-4-23(19)29-24)25(31)30-26-12-15-7-16(13-26)9-17(8-15)14-26/h1-6,10-11,15-17H,7-9,12-14H2,(H,30,31). The second-order valence-corrected chi connectivity index (χ2v) is 10.7. The van der Waals surface area contributed by atoms with Gasteiger partial charge in [-0.2, -0.15) is 0 Å². The average Bonchev–Trinajstić information content (AvgIpc) is 2.73. The van der Waals surface area contributed by atoms with Crippen molar-refractivity contribution in [2.75, 3.05) is 0 Å². The Morgan fingerprint density at radius 1 is 0.903 bits per heavy atom. The van der Waals surface area contributed by atoms with E-state index >= 15 is 0 Å². The minimum absolute atomic E-state index is 0.0156. The summed E-state index contributed by atoms with van der Waals surface area (Å²) in [7, 11) is 0. The second kappa shape index (κ2) is 7.21. The topological polar surface area (TPSA) is 42.0 Å². The van der Waals surface area contributed by atoms with Crippen LogP contribution in [0.15, 0.2) is 48.5 Å². The van der Waals surface area contributed by atoms with Crippen LogP contribution in [0.1, 0.15) is 48.9 Å². The number of carbonyl (C=O) groups is 1. The van der Waals surface area contributed by atoms with Gasteiger partial charge >= 0.3 is 0 Å². The van der Waals surface area contributed by atoms with Gasteiger partial charge in [-0.05, 0) is 80.5 Å². The molecule has 2 aromatic carbocycles. The Bertz CT molecular complexity index is 1170. The predicted molar refractivity (Wildman–Crippen MR) is 126 cm³/mol. The van der Waals surface area contributed by atoms with E-state index in [0.29, 0.717) is 15.6 Å². The van der Waals surface area contributed by atoms with Gasteiger partial charge in [-0.1, -0.05) is 47.5 Å². The van der Waals surface area contributed by atoms with Crippen molar-refractivity contribution in [1.82, 2.24) is 10.3 Å². The molecule has 4 bridgehead atoms. The number of nitrogens with zero attached hydrogens (tertiary/aromatic N) is 1. The van der Waals surface area contributed by atoms with Crippen LogP contribution in [0.3, 0.4) is 0 Å². The molecule has 0 radical (unpaired) electrons. The first-order valence-corrected chi connectivity index (χ1v) is 11.9. The van der Waals surface area contributed by atoms with Crippen LogP contribution in [0, 0.1) is 17.8 Å². The maximum atomic E-state index is 13.7. The Morgan fingerprint density at radius 3 is 2.26 bits per heavy atom. The molecule has 158 valence electrons. The van der Waals surface area contributed by atoms with Crippen molar-refractivity contribution in [3.05, 3.63) is 64.1 Å². The van der Waals surface area contributed by atoms with Crippen molar-refractivity contribution in [2.45, 2.75) is 44.1 Å². The van der Waals surface area contributed by atoms with Crippen molar-refractivity contribution in [3.63, 3.8) is 0 Å². The van der Waals surface area contributed by atoms with Crippen LogP contribution in [0.2, 0.25) is 10.0 Å². The first-order valence-electron chi connectivity index (χ1n) is 11.2. The van der Waals surface area contributed by atoms with Crippen molar-refractivity contribution in [2.24, 2.45) is 17.8 Å². The van der Waals surface area contributed by atoms with Crippen LogP contribution >= 0.6 is 23.2 Å². The molecule has 0 unspecified atom stereocenters. The van der Waals surface area contributed by atoms with Crippen LogP contribution in [0.4, 0.5) is 0 Å². The number of carbonyl (C=O) groups excluding carboxylic acids is 1. The van der Waals surface area contributed by atoms with E-state index < -0.39 is 0 Å². The highest BCUT2D eigenvalue weighted by molar-refractivity contribution is 6.42. The van der Waals surface area contributed by atoms with Crippen LogP contribution in [0.25, 0.3) is 22.2 Å². The fourth-order valence-corrected chi connectivity index (χ4v) is 7.04. The summed E-state index contributed by atoms with van der Waals surface area (Å²) in [5.74, 6) is 2.37. The van der Waals surface area contributed by atoms with Gasteiger partial charge in [0, 0.05) is 16.5 Å². The van der Waals surface area contributed by atoms with Crippen LogP contribution < -0.4 is 5.32 Å². The number of aromatic nitrogens is 1. The maximum absolute atomic E-state index is 13.7. The summed E-state index contributed by atoms with van der Waals surface area (Å²) in [4.78, 5) is 18.5. The second-order valence-electron chi connectivity index (χ2n) is 9.85. The third-order valence-electron chi connectivity index (χ3n) is 7.59. The van der Waals surface area contributed by atoms with E-state index in [2.05, 4.69) is 5.32 Å². The molecular formula is C26H24Cl2N2O. The van der Waals surface area contributed by atoms with Crippen molar-refractivity contribution >= 4 is 40.0 Å². The molecular weight excluding hydrogens is 427 g/mol. The largest absolute Gasteiger partial charge is 0.347 e. The average molecular weight is 451 g/mol. The Balaban J connectivity index is 1.40. The molecule has 4 saturated carbocycles. The zero-order valence-corrected chi connectivity index (χ0v) is 18.7. The molecule has 31 heavy (non-hydrogen) atoms.